The first-order valence-corrected chi connectivity index (χ1v) is 12.6. The van der Waals surface area contributed by atoms with Gasteiger partial charge < -0.3 is 10.1 Å². The number of carbonyl (C=O) groups is 2. The molecule has 1 N–H and O–H groups in total. The van der Waals surface area contributed by atoms with E-state index in [1.807, 2.05) is 6.07 Å². The summed E-state index contributed by atoms with van der Waals surface area (Å²) in [6.07, 6.45) is 1.40. The summed E-state index contributed by atoms with van der Waals surface area (Å²) in [6.45, 7) is 0. The standard InChI is InChI=1S/C22H23NO5S2/c24-21(23-16-10-11-16)20(15-6-2-1-3-7-15)28-22(25)18-8-4-5-9-19(18)29-17-12-13-30(26,27)14-17/h1-9,16-17,20H,10-14H2,(H,23,24)/t17-,20-/m0/s1. The highest BCUT2D eigenvalue weighted by atomic mass is 32.2. The van der Waals surface area contributed by atoms with Crippen LogP contribution in [0, 0.1) is 0 Å². The normalized spacial score (nSPS) is 21.0. The van der Waals surface area contributed by atoms with Crippen molar-refractivity contribution >= 4 is 33.5 Å². The Labute approximate surface area is 180 Å². The molecule has 0 spiro atoms. The van der Waals surface area contributed by atoms with Crippen LogP contribution in [0.1, 0.15) is 41.3 Å². The van der Waals surface area contributed by atoms with Crippen LogP contribution in [0.15, 0.2) is 59.5 Å². The molecule has 1 heterocycles. The minimum atomic E-state index is -3.01. The average Bonchev–Trinajstić information content (AvgIpc) is 3.48. The van der Waals surface area contributed by atoms with Gasteiger partial charge in [-0.15, -0.1) is 11.8 Å². The fraction of sp³-hybridized carbons (Fsp3) is 0.364. The Morgan fingerprint density at radius 2 is 1.70 bits per heavy atom. The quantitative estimate of drug-likeness (QED) is 0.659. The molecule has 1 aliphatic heterocycles. The average molecular weight is 446 g/mol. The Kier molecular flexibility index (Phi) is 6.15. The van der Waals surface area contributed by atoms with Crippen LogP contribution in [0.3, 0.4) is 0 Å². The van der Waals surface area contributed by atoms with E-state index in [1.165, 1.54) is 11.8 Å². The molecule has 0 aromatic heterocycles. The summed E-state index contributed by atoms with van der Waals surface area (Å²) in [6, 6.07) is 16.1. The van der Waals surface area contributed by atoms with Gasteiger partial charge in [0.05, 0.1) is 17.1 Å². The van der Waals surface area contributed by atoms with Crippen molar-refractivity contribution in [3.05, 3.63) is 65.7 Å². The number of amides is 1. The molecule has 1 amide bonds. The van der Waals surface area contributed by atoms with Gasteiger partial charge in [0, 0.05) is 21.8 Å². The summed E-state index contributed by atoms with van der Waals surface area (Å²) in [5.74, 6) is -0.644. The first-order valence-electron chi connectivity index (χ1n) is 9.94. The minimum absolute atomic E-state index is 0.0907. The second kappa shape index (κ2) is 8.81. The molecule has 158 valence electrons. The van der Waals surface area contributed by atoms with Crippen LogP contribution in [0.4, 0.5) is 0 Å². The molecular formula is C22H23NO5S2. The van der Waals surface area contributed by atoms with Gasteiger partial charge in [0.25, 0.3) is 5.91 Å². The summed E-state index contributed by atoms with van der Waals surface area (Å²) in [5, 5.41) is 2.81. The summed E-state index contributed by atoms with van der Waals surface area (Å²) in [5.41, 5.74) is 0.947. The van der Waals surface area contributed by atoms with E-state index in [-0.39, 0.29) is 28.7 Å². The first-order chi connectivity index (χ1) is 14.4. The molecule has 2 atom stereocenters. The van der Waals surface area contributed by atoms with Crippen LogP contribution in [-0.4, -0.2) is 43.1 Å². The number of esters is 1. The number of carbonyl (C=O) groups excluding carboxylic acids is 2. The monoisotopic (exact) mass is 445 g/mol. The molecule has 0 bridgehead atoms. The highest BCUT2D eigenvalue weighted by molar-refractivity contribution is 8.02. The Morgan fingerprint density at radius 1 is 1.00 bits per heavy atom. The van der Waals surface area contributed by atoms with Crippen LogP contribution in [-0.2, 0) is 19.4 Å². The lowest BCUT2D eigenvalue weighted by Crippen LogP contribution is -2.33. The SMILES string of the molecule is O=C(O[C@H](C(=O)NC1CC1)c1ccccc1)c1ccccc1S[C@H]1CCS(=O)(=O)C1. The molecule has 2 aliphatic rings. The van der Waals surface area contributed by atoms with Crippen molar-refractivity contribution in [3.63, 3.8) is 0 Å². The van der Waals surface area contributed by atoms with Crippen LogP contribution in [0.5, 0.6) is 0 Å². The van der Waals surface area contributed by atoms with Crippen molar-refractivity contribution in [1.29, 1.82) is 0 Å². The van der Waals surface area contributed by atoms with Crippen LogP contribution in [0.2, 0.25) is 0 Å². The van der Waals surface area contributed by atoms with Crippen molar-refractivity contribution < 1.29 is 22.7 Å². The summed E-state index contributed by atoms with van der Waals surface area (Å²) >= 11 is 1.38. The Hall–Kier alpha value is -2.32. The smallest absolute Gasteiger partial charge is 0.340 e. The van der Waals surface area contributed by atoms with Gasteiger partial charge in [0.2, 0.25) is 6.10 Å². The minimum Gasteiger partial charge on any atom is -0.444 e. The Bertz CT molecular complexity index is 1030. The van der Waals surface area contributed by atoms with E-state index in [1.54, 1.807) is 48.5 Å². The van der Waals surface area contributed by atoms with Crippen LogP contribution in [0.25, 0.3) is 0 Å². The number of hydrogen-bond donors (Lipinski definition) is 1. The first kappa shape index (κ1) is 20.9. The molecule has 2 aromatic rings. The van der Waals surface area contributed by atoms with E-state index in [0.29, 0.717) is 22.4 Å². The van der Waals surface area contributed by atoms with Gasteiger partial charge in [-0.1, -0.05) is 42.5 Å². The largest absolute Gasteiger partial charge is 0.444 e. The molecule has 2 aromatic carbocycles. The van der Waals surface area contributed by atoms with E-state index in [2.05, 4.69) is 5.32 Å². The molecule has 30 heavy (non-hydrogen) atoms. The maximum Gasteiger partial charge on any atom is 0.340 e. The second-order valence-electron chi connectivity index (χ2n) is 7.62. The molecule has 0 unspecified atom stereocenters. The van der Waals surface area contributed by atoms with Gasteiger partial charge in [-0.2, -0.15) is 0 Å². The molecule has 6 nitrogen and oxygen atoms in total. The predicted molar refractivity (Wildman–Crippen MR) is 115 cm³/mol. The fourth-order valence-electron chi connectivity index (χ4n) is 3.35. The zero-order valence-electron chi connectivity index (χ0n) is 16.3. The molecule has 8 heteroatoms. The lowest BCUT2D eigenvalue weighted by molar-refractivity contribution is -0.130. The highest BCUT2D eigenvalue weighted by Crippen LogP contribution is 2.34. The number of benzene rings is 2. The van der Waals surface area contributed by atoms with Crippen molar-refractivity contribution in [2.75, 3.05) is 11.5 Å². The number of thioether (sulfide) groups is 1. The number of nitrogens with one attached hydrogen (secondary N) is 1. The molecule has 1 aliphatic carbocycles. The third-order valence-corrected chi connectivity index (χ3v) is 8.40. The summed E-state index contributed by atoms with van der Waals surface area (Å²) in [7, 11) is -3.01. The van der Waals surface area contributed by atoms with E-state index >= 15 is 0 Å². The zero-order chi connectivity index (χ0) is 21.1. The molecule has 1 saturated heterocycles. The van der Waals surface area contributed by atoms with Crippen molar-refractivity contribution in [3.8, 4) is 0 Å². The van der Waals surface area contributed by atoms with Gasteiger partial charge in [-0.25, -0.2) is 13.2 Å². The zero-order valence-corrected chi connectivity index (χ0v) is 18.0. The second-order valence-corrected chi connectivity index (χ2v) is 11.2. The summed E-state index contributed by atoms with van der Waals surface area (Å²) in [4.78, 5) is 26.4. The lowest BCUT2D eigenvalue weighted by atomic mass is 10.1. The lowest BCUT2D eigenvalue weighted by Gasteiger charge is -2.19. The van der Waals surface area contributed by atoms with Crippen LogP contribution < -0.4 is 5.32 Å². The Morgan fingerprint density at radius 3 is 2.37 bits per heavy atom. The van der Waals surface area contributed by atoms with Crippen molar-refractivity contribution in [2.45, 2.75) is 41.6 Å². The number of ether oxygens (including phenoxy) is 1. The van der Waals surface area contributed by atoms with Crippen molar-refractivity contribution in [1.82, 2.24) is 5.32 Å². The number of rotatable bonds is 7. The maximum atomic E-state index is 13.0. The molecule has 0 radical (unpaired) electrons. The fourth-order valence-corrected chi connectivity index (χ4v) is 6.96. The maximum absolute atomic E-state index is 13.0. The van der Waals surface area contributed by atoms with E-state index in [9.17, 15) is 18.0 Å². The van der Waals surface area contributed by atoms with Crippen LogP contribution >= 0.6 is 11.8 Å². The highest BCUT2D eigenvalue weighted by Gasteiger charge is 2.33. The number of sulfone groups is 1. The topological polar surface area (TPSA) is 89.5 Å². The third-order valence-electron chi connectivity index (χ3n) is 5.08. The predicted octanol–water partition coefficient (Wildman–Crippen LogP) is 3.14. The molecule has 4 rings (SSSR count). The Balaban J connectivity index is 1.53. The summed E-state index contributed by atoms with van der Waals surface area (Å²) < 4.78 is 29.2. The van der Waals surface area contributed by atoms with Gasteiger partial charge in [0.1, 0.15) is 0 Å². The van der Waals surface area contributed by atoms with Gasteiger partial charge in [-0.05, 0) is 31.4 Å². The van der Waals surface area contributed by atoms with Crippen molar-refractivity contribution in [2.24, 2.45) is 0 Å². The number of hydrogen-bond acceptors (Lipinski definition) is 6. The molecule has 2 fully saturated rings. The van der Waals surface area contributed by atoms with E-state index in [4.69, 9.17) is 4.74 Å². The van der Waals surface area contributed by atoms with E-state index in [0.717, 1.165) is 12.8 Å². The molecule has 1 saturated carbocycles. The third kappa shape index (κ3) is 5.23. The van der Waals surface area contributed by atoms with E-state index < -0.39 is 21.9 Å². The van der Waals surface area contributed by atoms with Gasteiger partial charge in [-0.3, -0.25) is 4.79 Å². The van der Waals surface area contributed by atoms with Gasteiger partial charge in [0.15, 0.2) is 9.84 Å². The van der Waals surface area contributed by atoms with Gasteiger partial charge >= 0.3 is 5.97 Å². The molecular weight excluding hydrogens is 422 g/mol.